The zero-order valence-corrected chi connectivity index (χ0v) is 9.52. The molecule has 1 aromatic carbocycles. The number of halogens is 1. The summed E-state index contributed by atoms with van der Waals surface area (Å²) >= 11 is 0. The van der Waals surface area contributed by atoms with Gasteiger partial charge in [0.2, 0.25) is 0 Å². The van der Waals surface area contributed by atoms with Gasteiger partial charge in [0.25, 0.3) is 5.91 Å². The first-order chi connectivity index (χ1) is 8.09. The number of aromatic hydroxyl groups is 1. The van der Waals surface area contributed by atoms with Crippen molar-refractivity contribution in [1.82, 2.24) is 4.90 Å². The Morgan fingerprint density at radius 3 is 3.06 bits per heavy atom. The molecule has 1 unspecified atom stereocenters. The third-order valence-corrected chi connectivity index (χ3v) is 2.82. The average Bonchev–Trinajstić information content (AvgIpc) is 2.32. The highest BCUT2D eigenvalue weighted by Crippen LogP contribution is 2.21. The van der Waals surface area contributed by atoms with Gasteiger partial charge in [0, 0.05) is 6.54 Å². The molecule has 1 saturated heterocycles. The standard InChI is InChI=1S/C12H14FNO3/c1-8-7-17-5-4-14(8)12(16)10-6-9(13)2-3-11(10)15/h2-3,6,8,15H,4-5,7H2,1H3. The zero-order valence-electron chi connectivity index (χ0n) is 9.52. The molecule has 1 N–H and O–H groups in total. The minimum absolute atomic E-state index is 0.00116. The lowest BCUT2D eigenvalue weighted by Crippen LogP contribution is -2.47. The van der Waals surface area contributed by atoms with Crippen LogP contribution in [0.3, 0.4) is 0 Å². The van der Waals surface area contributed by atoms with Crippen molar-refractivity contribution in [3.05, 3.63) is 29.6 Å². The summed E-state index contributed by atoms with van der Waals surface area (Å²) in [4.78, 5) is 13.7. The minimum Gasteiger partial charge on any atom is -0.507 e. The number of amides is 1. The molecule has 0 bridgehead atoms. The molecule has 1 fully saturated rings. The maximum Gasteiger partial charge on any atom is 0.258 e. The van der Waals surface area contributed by atoms with Gasteiger partial charge in [0.15, 0.2) is 0 Å². The Balaban J connectivity index is 2.26. The summed E-state index contributed by atoms with van der Waals surface area (Å²) in [5.74, 6) is -1.10. The van der Waals surface area contributed by atoms with Crippen LogP contribution in [0.2, 0.25) is 0 Å². The molecule has 0 spiro atoms. The van der Waals surface area contributed by atoms with Crippen molar-refractivity contribution < 1.29 is 19.0 Å². The summed E-state index contributed by atoms with van der Waals surface area (Å²) in [6.45, 7) is 3.23. The van der Waals surface area contributed by atoms with E-state index in [1.807, 2.05) is 6.92 Å². The van der Waals surface area contributed by atoms with Gasteiger partial charge < -0.3 is 14.7 Å². The largest absolute Gasteiger partial charge is 0.507 e. The quantitative estimate of drug-likeness (QED) is 0.805. The van der Waals surface area contributed by atoms with Crippen LogP contribution in [0.15, 0.2) is 18.2 Å². The number of rotatable bonds is 1. The van der Waals surface area contributed by atoms with E-state index in [1.165, 1.54) is 6.07 Å². The Hall–Kier alpha value is -1.62. The molecular formula is C12H14FNO3. The van der Waals surface area contributed by atoms with Gasteiger partial charge in [-0.15, -0.1) is 0 Å². The Labute approximate surface area is 98.6 Å². The van der Waals surface area contributed by atoms with Gasteiger partial charge in [-0.2, -0.15) is 0 Å². The third kappa shape index (κ3) is 2.39. The second-order valence-electron chi connectivity index (χ2n) is 4.08. The summed E-state index contributed by atoms with van der Waals surface area (Å²) in [5.41, 5.74) is -0.00116. The van der Waals surface area contributed by atoms with Crippen LogP contribution in [0.4, 0.5) is 4.39 Å². The molecule has 2 rings (SSSR count). The minimum atomic E-state index is -0.535. The van der Waals surface area contributed by atoms with Gasteiger partial charge in [0.1, 0.15) is 11.6 Å². The second kappa shape index (κ2) is 4.71. The van der Waals surface area contributed by atoms with E-state index in [2.05, 4.69) is 0 Å². The van der Waals surface area contributed by atoms with E-state index in [0.717, 1.165) is 12.1 Å². The average molecular weight is 239 g/mol. The normalized spacial score (nSPS) is 20.4. The van der Waals surface area contributed by atoms with Crippen molar-refractivity contribution in [3.8, 4) is 5.75 Å². The number of morpholine rings is 1. The van der Waals surface area contributed by atoms with Gasteiger partial charge in [-0.3, -0.25) is 4.79 Å². The van der Waals surface area contributed by atoms with E-state index in [0.29, 0.717) is 19.8 Å². The molecular weight excluding hydrogens is 225 g/mol. The van der Waals surface area contributed by atoms with E-state index in [1.54, 1.807) is 4.90 Å². The van der Waals surface area contributed by atoms with Gasteiger partial charge in [0.05, 0.1) is 24.8 Å². The summed E-state index contributed by atoms with van der Waals surface area (Å²) in [7, 11) is 0. The first kappa shape index (κ1) is 11.9. The van der Waals surface area contributed by atoms with E-state index in [-0.39, 0.29) is 23.3 Å². The molecule has 0 radical (unpaired) electrons. The van der Waals surface area contributed by atoms with Crippen molar-refractivity contribution in [2.75, 3.05) is 19.8 Å². The number of hydrogen-bond acceptors (Lipinski definition) is 3. The van der Waals surface area contributed by atoms with Crippen LogP contribution >= 0.6 is 0 Å². The summed E-state index contributed by atoms with van der Waals surface area (Å²) in [5, 5.41) is 9.58. The van der Waals surface area contributed by atoms with Crippen molar-refractivity contribution in [1.29, 1.82) is 0 Å². The molecule has 5 heteroatoms. The van der Waals surface area contributed by atoms with Crippen molar-refractivity contribution in [2.45, 2.75) is 13.0 Å². The fourth-order valence-corrected chi connectivity index (χ4v) is 1.86. The first-order valence-corrected chi connectivity index (χ1v) is 5.47. The zero-order chi connectivity index (χ0) is 12.4. The maximum absolute atomic E-state index is 13.1. The number of phenolic OH excluding ortho intramolecular Hbond substituents is 1. The number of hydrogen-bond donors (Lipinski definition) is 1. The van der Waals surface area contributed by atoms with E-state index in [9.17, 15) is 14.3 Å². The van der Waals surface area contributed by atoms with Crippen molar-refractivity contribution >= 4 is 5.91 Å². The molecule has 1 aromatic rings. The Morgan fingerprint density at radius 2 is 2.35 bits per heavy atom. The van der Waals surface area contributed by atoms with Gasteiger partial charge >= 0.3 is 0 Å². The van der Waals surface area contributed by atoms with Crippen LogP contribution in [-0.2, 0) is 4.74 Å². The number of benzene rings is 1. The Morgan fingerprint density at radius 1 is 1.59 bits per heavy atom. The van der Waals surface area contributed by atoms with Crippen LogP contribution in [0.1, 0.15) is 17.3 Å². The molecule has 1 aliphatic heterocycles. The number of ether oxygens (including phenoxy) is 1. The van der Waals surface area contributed by atoms with E-state index in [4.69, 9.17) is 4.74 Å². The monoisotopic (exact) mass is 239 g/mol. The topological polar surface area (TPSA) is 49.8 Å². The highest BCUT2D eigenvalue weighted by molar-refractivity contribution is 5.97. The lowest BCUT2D eigenvalue weighted by atomic mass is 10.1. The van der Waals surface area contributed by atoms with Crippen LogP contribution in [0.25, 0.3) is 0 Å². The maximum atomic E-state index is 13.1. The van der Waals surface area contributed by atoms with Crippen LogP contribution in [0.5, 0.6) is 5.75 Å². The van der Waals surface area contributed by atoms with Gasteiger partial charge in [-0.25, -0.2) is 4.39 Å². The number of phenols is 1. The number of nitrogens with zero attached hydrogens (tertiary/aromatic N) is 1. The van der Waals surface area contributed by atoms with E-state index >= 15 is 0 Å². The smallest absolute Gasteiger partial charge is 0.258 e. The molecule has 92 valence electrons. The Kier molecular flexibility index (Phi) is 3.28. The predicted molar refractivity (Wildman–Crippen MR) is 59.4 cm³/mol. The van der Waals surface area contributed by atoms with E-state index < -0.39 is 5.82 Å². The molecule has 17 heavy (non-hydrogen) atoms. The fraction of sp³-hybridized carbons (Fsp3) is 0.417. The van der Waals surface area contributed by atoms with Gasteiger partial charge in [-0.05, 0) is 25.1 Å². The SMILES string of the molecule is CC1COCCN1C(=O)c1cc(F)ccc1O. The first-order valence-electron chi connectivity index (χ1n) is 5.47. The highest BCUT2D eigenvalue weighted by Gasteiger charge is 2.26. The fourth-order valence-electron chi connectivity index (χ4n) is 1.86. The van der Waals surface area contributed by atoms with Crippen LogP contribution in [0, 0.1) is 5.82 Å². The lowest BCUT2D eigenvalue weighted by Gasteiger charge is -2.33. The van der Waals surface area contributed by atoms with Crippen molar-refractivity contribution in [2.24, 2.45) is 0 Å². The molecule has 1 atom stereocenters. The molecule has 0 aliphatic carbocycles. The lowest BCUT2D eigenvalue weighted by molar-refractivity contribution is 0.00342. The van der Waals surface area contributed by atoms with Crippen molar-refractivity contribution in [3.63, 3.8) is 0 Å². The molecule has 4 nitrogen and oxygen atoms in total. The van der Waals surface area contributed by atoms with Crippen LogP contribution < -0.4 is 0 Å². The van der Waals surface area contributed by atoms with Gasteiger partial charge in [-0.1, -0.05) is 0 Å². The summed E-state index contributed by atoms with van der Waals surface area (Å²) < 4.78 is 18.3. The molecule has 1 aliphatic rings. The highest BCUT2D eigenvalue weighted by atomic mass is 19.1. The summed E-state index contributed by atoms with van der Waals surface area (Å²) in [6, 6.07) is 3.29. The Bertz CT molecular complexity index is 436. The predicted octanol–water partition coefficient (Wildman–Crippen LogP) is 1.39. The molecule has 1 heterocycles. The third-order valence-electron chi connectivity index (χ3n) is 2.82. The number of carbonyl (C=O) groups is 1. The summed E-state index contributed by atoms with van der Waals surface area (Å²) in [6.07, 6.45) is 0. The number of carbonyl (C=O) groups excluding carboxylic acids is 1. The molecule has 0 aromatic heterocycles. The second-order valence-corrected chi connectivity index (χ2v) is 4.08. The molecule has 0 saturated carbocycles. The van der Waals surface area contributed by atoms with Crippen LogP contribution in [-0.4, -0.2) is 41.7 Å². The molecule has 1 amide bonds.